The van der Waals surface area contributed by atoms with E-state index in [4.69, 9.17) is 0 Å². The summed E-state index contributed by atoms with van der Waals surface area (Å²) >= 11 is 1.60. The van der Waals surface area contributed by atoms with Crippen LogP contribution in [0.3, 0.4) is 0 Å². The molecule has 1 aliphatic rings. The summed E-state index contributed by atoms with van der Waals surface area (Å²) in [6.45, 7) is 0.435. The number of hydrogen-bond acceptors (Lipinski definition) is 3. The molecule has 1 amide bonds. The molecule has 1 fully saturated rings. The number of nitrogens with one attached hydrogen (secondary N) is 1. The van der Waals surface area contributed by atoms with Gasteiger partial charge in [-0.05, 0) is 49.9 Å². The van der Waals surface area contributed by atoms with E-state index in [0.717, 1.165) is 4.90 Å². The van der Waals surface area contributed by atoms with Gasteiger partial charge in [-0.25, -0.2) is 0 Å². The highest BCUT2D eigenvalue weighted by Gasteiger charge is 2.41. The summed E-state index contributed by atoms with van der Waals surface area (Å²) in [6.07, 6.45) is -1.60. The molecule has 0 spiro atoms. The van der Waals surface area contributed by atoms with Crippen molar-refractivity contribution in [1.82, 2.24) is 4.90 Å². The van der Waals surface area contributed by atoms with Crippen molar-refractivity contribution in [3.63, 3.8) is 0 Å². The van der Waals surface area contributed by atoms with Gasteiger partial charge in [0.05, 0.1) is 12.5 Å². The van der Waals surface area contributed by atoms with E-state index < -0.39 is 12.1 Å². The number of alkyl halides is 3. The molecule has 0 unspecified atom stereocenters. The van der Waals surface area contributed by atoms with Gasteiger partial charge in [0.25, 0.3) is 0 Å². The van der Waals surface area contributed by atoms with Crippen molar-refractivity contribution in [3.05, 3.63) is 24.3 Å². The van der Waals surface area contributed by atoms with Crippen LogP contribution in [-0.2, 0) is 4.79 Å². The fraction of sp³-hybridized carbons (Fsp3) is 0.533. The Morgan fingerprint density at radius 3 is 2.64 bits per heavy atom. The van der Waals surface area contributed by atoms with Gasteiger partial charge in [0.15, 0.2) is 0 Å². The van der Waals surface area contributed by atoms with Crippen molar-refractivity contribution in [1.29, 1.82) is 0 Å². The predicted molar refractivity (Wildman–Crippen MR) is 82.1 cm³/mol. The average Bonchev–Trinajstić information content (AvgIpc) is 2.47. The molecule has 3 nitrogen and oxygen atoms in total. The molecule has 0 saturated carbocycles. The molecule has 0 bridgehead atoms. The van der Waals surface area contributed by atoms with E-state index in [-0.39, 0.29) is 25.4 Å². The van der Waals surface area contributed by atoms with E-state index in [0.29, 0.717) is 18.7 Å². The molecule has 1 aromatic carbocycles. The smallest absolute Gasteiger partial charge is 0.325 e. The van der Waals surface area contributed by atoms with Crippen LogP contribution in [-0.4, -0.2) is 42.9 Å². The first-order valence-electron chi connectivity index (χ1n) is 7.11. The molecular weight excluding hydrogens is 313 g/mol. The Morgan fingerprint density at radius 1 is 1.36 bits per heavy atom. The molecule has 122 valence electrons. The zero-order chi connectivity index (χ0) is 16.2. The number of likely N-dealkylation sites (tertiary alicyclic amines) is 1. The monoisotopic (exact) mass is 332 g/mol. The van der Waals surface area contributed by atoms with Crippen molar-refractivity contribution in [3.8, 4) is 0 Å². The first-order chi connectivity index (χ1) is 10.4. The second-order valence-electron chi connectivity index (χ2n) is 5.39. The topological polar surface area (TPSA) is 32.3 Å². The Morgan fingerprint density at radius 2 is 2.05 bits per heavy atom. The number of nitrogens with zero attached hydrogens (tertiary/aromatic N) is 1. The molecule has 22 heavy (non-hydrogen) atoms. The number of thioether (sulfide) groups is 1. The van der Waals surface area contributed by atoms with Gasteiger partial charge >= 0.3 is 6.18 Å². The molecule has 0 radical (unpaired) electrons. The lowest BCUT2D eigenvalue weighted by Gasteiger charge is -2.33. The molecular formula is C15H19F3N2OS. The van der Waals surface area contributed by atoms with E-state index in [1.807, 2.05) is 18.4 Å². The summed E-state index contributed by atoms with van der Waals surface area (Å²) in [4.78, 5) is 14.6. The van der Waals surface area contributed by atoms with Crippen LogP contribution < -0.4 is 5.32 Å². The maximum Gasteiger partial charge on any atom is 0.393 e. The third-order valence-electron chi connectivity index (χ3n) is 3.71. The molecule has 1 aliphatic heterocycles. The van der Waals surface area contributed by atoms with E-state index in [1.165, 1.54) is 0 Å². The lowest BCUT2D eigenvalue weighted by molar-refractivity contribution is -0.186. The summed E-state index contributed by atoms with van der Waals surface area (Å²) in [5.41, 5.74) is 0.659. The number of piperidine rings is 1. The van der Waals surface area contributed by atoms with Crippen LogP contribution >= 0.6 is 11.8 Å². The Bertz CT molecular complexity index is 505. The minimum atomic E-state index is -4.18. The van der Waals surface area contributed by atoms with Gasteiger partial charge in [-0.1, -0.05) is 0 Å². The Kier molecular flexibility index (Phi) is 5.74. The van der Waals surface area contributed by atoms with Gasteiger partial charge in [-0.2, -0.15) is 13.2 Å². The van der Waals surface area contributed by atoms with Crippen LogP contribution in [0.1, 0.15) is 12.8 Å². The number of carbonyl (C=O) groups excluding carboxylic acids is 1. The first kappa shape index (κ1) is 17.1. The molecule has 0 aromatic heterocycles. The number of hydrogen-bond donors (Lipinski definition) is 1. The second kappa shape index (κ2) is 7.37. The number of anilines is 1. The SMILES string of the molecule is CSc1ccc(NC(=O)CN2CCC[C@@H](C(F)(F)F)C2)cc1. The minimum Gasteiger partial charge on any atom is -0.325 e. The normalized spacial score (nSPS) is 19.9. The molecule has 2 rings (SSSR count). The molecule has 1 saturated heterocycles. The molecule has 1 N–H and O–H groups in total. The number of amides is 1. The predicted octanol–water partition coefficient (Wildman–Crippen LogP) is 3.62. The number of benzene rings is 1. The van der Waals surface area contributed by atoms with Crippen molar-refractivity contribution in [2.24, 2.45) is 5.92 Å². The van der Waals surface area contributed by atoms with Gasteiger partial charge < -0.3 is 5.32 Å². The molecule has 1 aromatic rings. The first-order valence-corrected chi connectivity index (χ1v) is 8.34. The third-order valence-corrected chi connectivity index (χ3v) is 4.45. The average molecular weight is 332 g/mol. The standard InChI is InChI=1S/C15H19F3N2OS/c1-22-13-6-4-12(5-7-13)19-14(21)10-20-8-2-3-11(9-20)15(16,17)18/h4-7,11H,2-3,8-10H2,1H3,(H,19,21)/t11-/m1/s1. The van der Waals surface area contributed by atoms with Gasteiger partial charge in [0, 0.05) is 17.1 Å². The van der Waals surface area contributed by atoms with E-state index in [2.05, 4.69) is 5.32 Å². The van der Waals surface area contributed by atoms with Crippen molar-refractivity contribution >= 4 is 23.4 Å². The Balaban J connectivity index is 1.85. The Labute approximate surface area is 132 Å². The molecule has 7 heteroatoms. The molecule has 0 aliphatic carbocycles. The van der Waals surface area contributed by atoms with Crippen LogP contribution in [0, 0.1) is 5.92 Å². The van der Waals surface area contributed by atoms with Crippen LogP contribution in [0.25, 0.3) is 0 Å². The number of carbonyl (C=O) groups is 1. The zero-order valence-corrected chi connectivity index (χ0v) is 13.1. The van der Waals surface area contributed by atoms with Gasteiger partial charge in [-0.3, -0.25) is 9.69 Å². The fourth-order valence-electron chi connectivity index (χ4n) is 2.54. The maximum atomic E-state index is 12.7. The summed E-state index contributed by atoms with van der Waals surface area (Å²) in [6, 6.07) is 7.36. The van der Waals surface area contributed by atoms with Crippen LogP contribution in [0.4, 0.5) is 18.9 Å². The highest BCUT2D eigenvalue weighted by atomic mass is 32.2. The lowest BCUT2D eigenvalue weighted by Crippen LogP contribution is -2.44. The van der Waals surface area contributed by atoms with Crippen molar-refractivity contribution in [2.45, 2.75) is 23.9 Å². The van der Waals surface area contributed by atoms with Crippen molar-refractivity contribution < 1.29 is 18.0 Å². The zero-order valence-electron chi connectivity index (χ0n) is 12.3. The highest BCUT2D eigenvalue weighted by Crippen LogP contribution is 2.32. The van der Waals surface area contributed by atoms with Gasteiger partial charge in [-0.15, -0.1) is 11.8 Å². The van der Waals surface area contributed by atoms with Gasteiger partial charge in [0.2, 0.25) is 5.91 Å². The molecule has 1 atom stereocenters. The van der Waals surface area contributed by atoms with Gasteiger partial charge in [0.1, 0.15) is 0 Å². The lowest BCUT2D eigenvalue weighted by atomic mass is 9.97. The largest absolute Gasteiger partial charge is 0.393 e. The van der Waals surface area contributed by atoms with Crippen LogP contribution in [0.15, 0.2) is 29.2 Å². The maximum absolute atomic E-state index is 12.7. The Hall–Kier alpha value is -1.21. The summed E-state index contributed by atoms with van der Waals surface area (Å²) in [7, 11) is 0. The fourth-order valence-corrected chi connectivity index (χ4v) is 2.95. The summed E-state index contributed by atoms with van der Waals surface area (Å²) in [5, 5.41) is 2.72. The number of rotatable bonds is 4. The van der Waals surface area contributed by atoms with E-state index in [1.54, 1.807) is 28.8 Å². The number of halogens is 3. The van der Waals surface area contributed by atoms with Crippen molar-refractivity contribution in [2.75, 3.05) is 31.2 Å². The van der Waals surface area contributed by atoms with Crippen LogP contribution in [0.2, 0.25) is 0 Å². The molecule has 1 heterocycles. The third kappa shape index (κ3) is 4.91. The summed E-state index contributed by atoms with van der Waals surface area (Å²) < 4.78 is 38.2. The van der Waals surface area contributed by atoms with E-state index >= 15 is 0 Å². The van der Waals surface area contributed by atoms with Crippen LogP contribution in [0.5, 0.6) is 0 Å². The minimum absolute atomic E-state index is 0.00312. The summed E-state index contributed by atoms with van der Waals surface area (Å²) in [5.74, 6) is -1.60. The second-order valence-corrected chi connectivity index (χ2v) is 6.27. The quantitative estimate of drug-likeness (QED) is 0.855. The van der Waals surface area contributed by atoms with E-state index in [9.17, 15) is 18.0 Å². The highest BCUT2D eigenvalue weighted by molar-refractivity contribution is 7.98.